The molecule has 0 unspecified atom stereocenters. The zero-order valence-electron chi connectivity index (χ0n) is 23.8. The van der Waals surface area contributed by atoms with Gasteiger partial charge in [0.05, 0.1) is 12.7 Å². The van der Waals surface area contributed by atoms with Gasteiger partial charge in [-0.3, -0.25) is 9.59 Å². The van der Waals surface area contributed by atoms with Crippen LogP contribution in [-0.2, 0) is 10.4 Å². The Kier molecular flexibility index (Phi) is 9.56. The smallest absolute Gasteiger partial charge is 0.430 e. The fraction of sp³-hybridized carbons (Fsp3) is 0.552. The SMILES string of the molecule is COc1cc(F)cc([C@@](O)(C(=O)N2CCC(CC3CCN(c4ccc(C(=O)N(C)C)c(Cl)n4)CC3)CC2)C(F)(F)F)c1. The summed E-state index contributed by atoms with van der Waals surface area (Å²) in [6, 6.07) is 5.68. The Balaban J connectivity index is 1.33. The molecule has 13 heteroatoms. The number of nitrogens with zero attached hydrogens (tertiary/aromatic N) is 4. The van der Waals surface area contributed by atoms with E-state index >= 15 is 0 Å². The van der Waals surface area contributed by atoms with E-state index in [2.05, 4.69) is 9.88 Å². The molecule has 0 bridgehead atoms. The molecule has 0 spiro atoms. The molecule has 1 aromatic carbocycles. The number of halogens is 5. The van der Waals surface area contributed by atoms with E-state index in [9.17, 15) is 32.3 Å². The van der Waals surface area contributed by atoms with Gasteiger partial charge >= 0.3 is 6.18 Å². The van der Waals surface area contributed by atoms with E-state index in [1.807, 2.05) is 0 Å². The molecular formula is C29H35ClF4N4O4. The minimum atomic E-state index is -5.37. The number of methoxy groups -OCH3 is 1. The van der Waals surface area contributed by atoms with Crippen molar-refractivity contribution in [3.63, 3.8) is 0 Å². The van der Waals surface area contributed by atoms with Crippen molar-refractivity contribution >= 4 is 29.2 Å². The highest BCUT2D eigenvalue weighted by molar-refractivity contribution is 6.32. The van der Waals surface area contributed by atoms with Gasteiger partial charge in [-0.15, -0.1) is 0 Å². The van der Waals surface area contributed by atoms with Crippen molar-refractivity contribution in [3.05, 3.63) is 52.4 Å². The van der Waals surface area contributed by atoms with Gasteiger partial charge in [-0.05, 0) is 68.2 Å². The van der Waals surface area contributed by atoms with Gasteiger partial charge < -0.3 is 24.5 Å². The molecule has 2 aromatic rings. The van der Waals surface area contributed by atoms with E-state index in [4.69, 9.17) is 16.3 Å². The zero-order chi connectivity index (χ0) is 30.8. The summed E-state index contributed by atoms with van der Waals surface area (Å²) < 4.78 is 61.2. The molecule has 42 heavy (non-hydrogen) atoms. The van der Waals surface area contributed by atoms with Crippen molar-refractivity contribution in [2.75, 3.05) is 52.3 Å². The van der Waals surface area contributed by atoms with Crippen LogP contribution in [-0.4, -0.2) is 85.3 Å². The monoisotopic (exact) mass is 614 g/mol. The second-order valence-electron chi connectivity index (χ2n) is 11.2. The molecule has 1 aromatic heterocycles. The first-order valence-electron chi connectivity index (χ1n) is 13.8. The number of hydrogen-bond acceptors (Lipinski definition) is 6. The highest BCUT2D eigenvalue weighted by Gasteiger charge is 2.62. The minimum Gasteiger partial charge on any atom is -0.497 e. The fourth-order valence-electron chi connectivity index (χ4n) is 5.77. The van der Waals surface area contributed by atoms with Crippen LogP contribution in [0.15, 0.2) is 30.3 Å². The molecule has 0 aliphatic carbocycles. The molecule has 0 radical (unpaired) electrons. The Morgan fingerprint density at radius 3 is 2.17 bits per heavy atom. The number of pyridine rings is 1. The van der Waals surface area contributed by atoms with Crippen LogP contribution in [0.3, 0.4) is 0 Å². The van der Waals surface area contributed by atoms with Crippen molar-refractivity contribution in [2.24, 2.45) is 11.8 Å². The third-order valence-corrected chi connectivity index (χ3v) is 8.51. The number of likely N-dealkylation sites (tertiary alicyclic amines) is 1. The summed E-state index contributed by atoms with van der Waals surface area (Å²) in [4.78, 5) is 34.3. The number of hydrogen-bond donors (Lipinski definition) is 1. The van der Waals surface area contributed by atoms with Crippen LogP contribution >= 0.6 is 11.6 Å². The number of ether oxygens (including phenoxy) is 1. The van der Waals surface area contributed by atoms with E-state index in [0.29, 0.717) is 36.2 Å². The van der Waals surface area contributed by atoms with E-state index in [-0.39, 0.29) is 35.8 Å². The highest BCUT2D eigenvalue weighted by Crippen LogP contribution is 2.43. The van der Waals surface area contributed by atoms with Crippen LogP contribution in [0.4, 0.5) is 23.4 Å². The van der Waals surface area contributed by atoms with Gasteiger partial charge in [0.25, 0.3) is 17.4 Å². The van der Waals surface area contributed by atoms with E-state index in [1.54, 1.807) is 26.2 Å². The number of anilines is 1. The number of carbonyl (C=O) groups excluding carboxylic acids is 2. The van der Waals surface area contributed by atoms with Crippen molar-refractivity contribution in [2.45, 2.75) is 43.9 Å². The van der Waals surface area contributed by atoms with Gasteiger partial charge in [0.15, 0.2) is 0 Å². The first-order chi connectivity index (χ1) is 19.7. The van der Waals surface area contributed by atoms with Gasteiger partial charge in [-0.1, -0.05) is 11.6 Å². The summed E-state index contributed by atoms with van der Waals surface area (Å²) >= 11 is 6.27. The molecular weight excluding hydrogens is 580 g/mol. The number of piperidine rings is 2. The predicted molar refractivity (Wildman–Crippen MR) is 149 cm³/mol. The molecule has 2 aliphatic heterocycles. The molecule has 2 saturated heterocycles. The molecule has 0 saturated carbocycles. The number of aliphatic hydroxyl groups is 1. The van der Waals surface area contributed by atoms with Crippen LogP contribution in [0.5, 0.6) is 5.75 Å². The summed E-state index contributed by atoms with van der Waals surface area (Å²) in [6.45, 7) is 1.63. The molecule has 1 N–H and O–H groups in total. The van der Waals surface area contributed by atoms with Gasteiger partial charge in [0, 0.05) is 51.9 Å². The van der Waals surface area contributed by atoms with Crippen molar-refractivity contribution < 1.29 is 37.0 Å². The summed E-state index contributed by atoms with van der Waals surface area (Å²) in [5.74, 6) is -1.69. The number of rotatable bonds is 7. The Morgan fingerprint density at radius 1 is 1.05 bits per heavy atom. The zero-order valence-corrected chi connectivity index (χ0v) is 24.5. The third-order valence-electron chi connectivity index (χ3n) is 8.22. The Morgan fingerprint density at radius 2 is 1.64 bits per heavy atom. The number of benzene rings is 1. The lowest BCUT2D eigenvalue weighted by Gasteiger charge is -2.40. The van der Waals surface area contributed by atoms with E-state index in [1.165, 1.54) is 4.90 Å². The Labute approximate surface area is 247 Å². The minimum absolute atomic E-state index is 0.0631. The quantitative estimate of drug-likeness (QED) is 0.354. The normalized spacial score (nSPS) is 18.5. The molecule has 2 fully saturated rings. The second-order valence-corrected chi connectivity index (χ2v) is 11.6. The number of carbonyl (C=O) groups is 2. The van der Waals surface area contributed by atoms with Crippen molar-refractivity contribution in [3.8, 4) is 5.75 Å². The summed E-state index contributed by atoms with van der Waals surface area (Å²) in [7, 11) is 4.44. The van der Waals surface area contributed by atoms with Crippen LogP contribution in [0.25, 0.3) is 0 Å². The lowest BCUT2D eigenvalue weighted by atomic mass is 9.82. The lowest BCUT2D eigenvalue weighted by Crippen LogP contribution is -2.57. The first-order valence-corrected chi connectivity index (χ1v) is 14.2. The lowest BCUT2D eigenvalue weighted by molar-refractivity contribution is -0.262. The third kappa shape index (κ3) is 6.59. The summed E-state index contributed by atoms with van der Waals surface area (Å²) in [6.07, 6.45) is -1.69. The van der Waals surface area contributed by atoms with Crippen molar-refractivity contribution in [1.29, 1.82) is 0 Å². The van der Waals surface area contributed by atoms with Gasteiger partial charge in [0.2, 0.25) is 0 Å². The number of aromatic nitrogens is 1. The largest absolute Gasteiger partial charge is 0.497 e. The predicted octanol–water partition coefficient (Wildman–Crippen LogP) is 4.88. The highest BCUT2D eigenvalue weighted by atomic mass is 35.5. The van der Waals surface area contributed by atoms with Gasteiger partial charge in [-0.2, -0.15) is 13.2 Å². The topological polar surface area (TPSA) is 86.2 Å². The van der Waals surface area contributed by atoms with Crippen LogP contribution in [0, 0.1) is 17.7 Å². The van der Waals surface area contributed by atoms with Crippen LogP contribution < -0.4 is 9.64 Å². The molecule has 2 aliphatic rings. The maximum atomic E-state index is 14.1. The maximum absolute atomic E-state index is 14.1. The van der Waals surface area contributed by atoms with Crippen molar-refractivity contribution in [1.82, 2.24) is 14.8 Å². The molecule has 230 valence electrons. The standard InChI is InChI=1S/C29H35ClF4N4O4/c1-36(2)26(39)23-4-5-24(35-25(23)30)37-10-6-18(7-11-37)14-19-8-12-38(13-9-19)27(40)28(41,29(32,33)34)20-15-21(31)17-22(16-20)42-3/h4-5,15-19,41H,6-14H2,1-3H3/t28-/m1/s1. The summed E-state index contributed by atoms with van der Waals surface area (Å²) in [5, 5.41) is 10.9. The molecule has 2 amide bonds. The summed E-state index contributed by atoms with van der Waals surface area (Å²) in [5.41, 5.74) is -4.47. The second kappa shape index (κ2) is 12.6. The molecule has 1 atom stereocenters. The van der Waals surface area contributed by atoms with E-state index < -0.39 is 29.1 Å². The number of alkyl halides is 3. The average Bonchev–Trinajstić information content (AvgIpc) is 2.95. The van der Waals surface area contributed by atoms with Gasteiger partial charge in [0.1, 0.15) is 22.5 Å². The Bertz CT molecular complexity index is 1290. The first kappa shape index (κ1) is 31.8. The van der Waals surface area contributed by atoms with Crippen LogP contribution in [0.2, 0.25) is 5.15 Å². The average molecular weight is 615 g/mol. The van der Waals surface area contributed by atoms with Gasteiger partial charge in [-0.25, -0.2) is 9.37 Å². The molecule has 4 rings (SSSR count). The molecule has 3 heterocycles. The Hall–Kier alpha value is -3.12. The van der Waals surface area contributed by atoms with Crippen LogP contribution in [0.1, 0.15) is 48.0 Å². The number of amides is 2. The van der Waals surface area contributed by atoms with E-state index in [0.717, 1.165) is 56.5 Å². The maximum Gasteiger partial charge on any atom is 0.430 e. The fourth-order valence-corrected chi connectivity index (χ4v) is 6.00. The molecule has 8 nitrogen and oxygen atoms in total.